The second-order valence-electron chi connectivity index (χ2n) is 7.50. The Kier molecular flexibility index (Phi) is 7.05. The quantitative estimate of drug-likeness (QED) is 0.323. The molecule has 172 valence electrons. The van der Waals surface area contributed by atoms with Gasteiger partial charge in [0.05, 0.1) is 12.3 Å². The third-order valence-corrected chi connectivity index (χ3v) is 6.28. The van der Waals surface area contributed by atoms with E-state index in [-0.39, 0.29) is 5.82 Å². The van der Waals surface area contributed by atoms with Crippen LogP contribution in [0.5, 0.6) is 5.75 Å². The molecule has 0 aliphatic carbocycles. The van der Waals surface area contributed by atoms with Crippen LogP contribution >= 0.6 is 11.3 Å². The number of thiophene rings is 1. The van der Waals surface area contributed by atoms with Crippen LogP contribution in [0, 0.1) is 12.7 Å². The average Bonchev–Trinajstić information content (AvgIpc) is 3.43. The fourth-order valence-corrected chi connectivity index (χ4v) is 4.57. The van der Waals surface area contributed by atoms with Crippen molar-refractivity contribution in [3.8, 4) is 17.2 Å². The number of nitrogens with zero attached hydrogens (tertiary/aromatic N) is 1. The maximum atomic E-state index is 13.2. The van der Waals surface area contributed by atoms with Crippen LogP contribution in [0.2, 0.25) is 0 Å². The monoisotopic (exact) mass is 469 g/mol. The van der Waals surface area contributed by atoms with Crippen molar-refractivity contribution in [3.63, 3.8) is 0 Å². The lowest BCUT2D eigenvalue weighted by atomic mass is 10.1. The molecule has 0 saturated heterocycles. The molecule has 0 aliphatic heterocycles. The number of rotatable bonds is 10. The molecule has 2 aromatic carbocycles. The Morgan fingerprint density at radius 3 is 2.73 bits per heavy atom. The van der Waals surface area contributed by atoms with Gasteiger partial charge in [-0.25, -0.2) is 14.2 Å². The second-order valence-corrected chi connectivity index (χ2v) is 8.42. The number of fused-ring (bicyclic) bond motifs is 1. The van der Waals surface area contributed by atoms with Crippen molar-refractivity contribution < 1.29 is 28.2 Å². The molecule has 1 unspecified atom stereocenters. The molecule has 4 aromatic rings. The molecule has 0 radical (unpaired) electrons. The maximum absolute atomic E-state index is 13.2. The molecular weight excluding hydrogens is 445 g/mol. The number of ether oxygens (including phenoxy) is 2. The van der Waals surface area contributed by atoms with E-state index in [4.69, 9.17) is 13.9 Å². The summed E-state index contributed by atoms with van der Waals surface area (Å²) in [5.41, 5.74) is 2.42. The van der Waals surface area contributed by atoms with Crippen LogP contribution in [0.25, 0.3) is 21.5 Å². The lowest BCUT2D eigenvalue weighted by Gasteiger charge is -2.14. The van der Waals surface area contributed by atoms with E-state index < -0.39 is 12.1 Å². The van der Waals surface area contributed by atoms with Gasteiger partial charge in [0.2, 0.25) is 5.89 Å². The smallest absolute Gasteiger partial charge is 0.333 e. The molecule has 6 nitrogen and oxygen atoms in total. The van der Waals surface area contributed by atoms with Gasteiger partial charge >= 0.3 is 5.97 Å². The number of benzene rings is 2. The van der Waals surface area contributed by atoms with Gasteiger partial charge < -0.3 is 19.0 Å². The minimum Gasteiger partial charge on any atom is -0.493 e. The Hall–Kier alpha value is -3.23. The molecule has 0 amide bonds. The van der Waals surface area contributed by atoms with E-state index in [2.05, 4.69) is 4.98 Å². The first-order valence-corrected chi connectivity index (χ1v) is 11.5. The molecule has 1 atom stereocenters. The van der Waals surface area contributed by atoms with Gasteiger partial charge in [0.15, 0.2) is 6.10 Å². The summed E-state index contributed by atoms with van der Waals surface area (Å²) in [5, 5.41) is 12.3. The van der Waals surface area contributed by atoms with Crippen molar-refractivity contribution in [1.29, 1.82) is 0 Å². The molecule has 0 aliphatic rings. The molecule has 0 saturated carbocycles. The molecule has 2 aromatic heterocycles. The average molecular weight is 470 g/mol. The normalized spacial score (nSPS) is 12.2. The van der Waals surface area contributed by atoms with Crippen LogP contribution in [0.4, 0.5) is 4.39 Å². The third-order valence-electron chi connectivity index (χ3n) is 5.29. The molecule has 1 N–H and O–H groups in total. The Morgan fingerprint density at radius 2 is 2.00 bits per heavy atom. The Morgan fingerprint density at radius 1 is 1.21 bits per heavy atom. The number of halogens is 1. The van der Waals surface area contributed by atoms with Gasteiger partial charge in [0, 0.05) is 35.1 Å². The first-order valence-electron chi connectivity index (χ1n) is 10.6. The summed E-state index contributed by atoms with van der Waals surface area (Å²) in [6, 6.07) is 11.8. The van der Waals surface area contributed by atoms with Gasteiger partial charge in [-0.3, -0.25) is 0 Å². The molecular formula is C25H24FNO5S. The van der Waals surface area contributed by atoms with Crippen molar-refractivity contribution in [2.45, 2.75) is 32.8 Å². The van der Waals surface area contributed by atoms with Crippen molar-refractivity contribution in [2.75, 3.05) is 13.2 Å². The van der Waals surface area contributed by atoms with Crippen LogP contribution in [0.3, 0.4) is 0 Å². The number of carboxylic acids is 1. The van der Waals surface area contributed by atoms with Gasteiger partial charge in [-0.2, -0.15) is 0 Å². The molecule has 0 bridgehead atoms. The SMILES string of the molecule is CCOC(Cc1ccc(OCCc2nc(-c3ccc(F)cc3)oc2C)c2ccsc12)C(=O)O. The van der Waals surface area contributed by atoms with Crippen LogP contribution in [-0.2, 0) is 22.4 Å². The van der Waals surface area contributed by atoms with Crippen LogP contribution in [0.1, 0.15) is 23.9 Å². The van der Waals surface area contributed by atoms with E-state index in [0.717, 1.165) is 27.1 Å². The number of oxazole rings is 1. The van der Waals surface area contributed by atoms with E-state index in [1.807, 2.05) is 30.5 Å². The summed E-state index contributed by atoms with van der Waals surface area (Å²) in [4.78, 5) is 16.0. The molecule has 0 fully saturated rings. The fourth-order valence-electron chi connectivity index (χ4n) is 3.63. The minimum absolute atomic E-state index is 0.296. The Labute approximate surface area is 194 Å². The van der Waals surface area contributed by atoms with Gasteiger partial charge in [-0.05, 0) is 61.2 Å². The van der Waals surface area contributed by atoms with Crippen molar-refractivity contribution in [3.05, 3.63) is 70.7 Å². The van der Waals surface area contributed by atoms with Crippen LogP contribution in [-0.4, -0.2) is 35.4 Å². The Bertz CT molecular complexity index is 1250. The van der Waals surface area contributed by atoms with E-state index in [0.29, 0.717) is 43.3 Å². The summed E-state index contributed by atoms with van der Waals surface area (Å²) >= 11 is 1.55. The lowest BCUT2D eigenvalue weighted by molar-refractivity contribution is -0.149. The van der Waals surface area contributed by atoms with Crippen molar-refractivity contribution >= 4 is 27.4 Å². The first-order chi connectivity index (χ1) is 16.0. The highest BCUT2D eigenvalue weighted by atomic mass is 32.1. The maximum Gasteiger partial charge on any atom is 0.333 e. The summed E-state index contributed by atoms with van der Waals surface area (Å²) in [6.45, 7) is 4.37. The van der Waals surface area contributed by atoms with E-state index >= 15 is 0 Å². The standard InChI is InChI=1S/C25H24FNO5S/c1-3-30-22(25(28)29)14-17-6-9-21(19-11-13-33-23(17)19)31-12-10-20-15(2)32-24(27-20)16-4-7-18(26)8-5-16/h4-9,11,13,22H,3,10,12,14H2,1-2H3,(H,28,29). The fraction of sp³-hybridized carbons (Fsp3) is 0.280. The minimum atomic E-state index is -0.968. The van der Waals surface area contributed by atoms with Crippen LogP contribution in [0.15, 0.2) is 52.3 Å². The predicted molar refractivity (Wildman–Crippen MR) is 124 cm³/mol. The highest BCUT2D eigenvalue weighted by Gasteiger charge is 2.20. The predicted octanol–water partition coefficient (Wildman–Crippen LogP) is 5.66. The molecule has 8 heteroatoms. The molecule has 4 rings (SSSR count). The second kappa shape index (κ2) is 10.1. The summed E-state index contributed by atoms with van der Waals surface area (Å²) in [5.74, 6) is 0.611. The number of aromatic nitrogens is 1. The highest BCUT2D eigenvalue weighted by molar-refractivity contribution is 7.17. The van der Waals surface area contributed by atoms with Gasteiger partial charge in [0.1, 0.15) is 17.3 Å². The van der Waals surface area contributed by atoms with Gasteiger partial charge in [0.25, 0.3) is 0 Å². The van der Waals surface area contributed by atoms with Crippen molar-refractivity contribution in [1.82, 2.24) is 4.98 Å². The number of carbonyl (C=O) groups is 1. The number of hydrogen-bond acceptors (Lipinski definition) is 6. The number of aryl methyl sites for hydroxylation is 1. The summed E-state index contributed by atoms with van der Waals surface area (Å²) < 4.78 is 31.3. The first kappa shape index (κ1) is 22.9. The molecule has 33 heavy (non-hydrogen) atoms. The molecule has 2 heterocycles. The van der Waals surface area contributed by atoms with Gasteiger partial charge in [-0.1, -0.05) is 6.07 Å². The Balaban J connectivity index is 1.45. The zero-order valence-electron chi connectivity index (χ0n) is 18.3. The zero-order valence-corrected chi connectivity index (χ0v) is 19.2. The third kappa shape index (κ3) is 5.23. The zero-order chi connectivity index (χ0) is 23.4. The van der Waals surface area contributed by atoms with E-state index in [9.17, 15) is 14.3 Å². The van der Waals surface area contributed by atoms with Gasteiger partial charge in [-0.15, -0.1) is 11.3 Å². The summed E-state index contributed by atoms with van der Waals surface area (Å²) in [6.07, 6.45) is -0.0300. The summed E-state index contributed by atoms with van der Waals surface area (Å²) in [7, 11) is 0. The number of hydrogen-bond donors (Lipinski definition) is 1. The van der Waals surface area contributed by atoms with E-state index in [1.54, 1.807) is 30.4 Å². The topological polar surface area (TPSA) is 81.8 Å². The van der Waals surface area contributed by atoms with Crippen molar-refractivity contribution in [2.24, 2.45) is 0 Å². The lowest BCUT2D eigenvalue weighted by Crippen LogP contribution is -2.26. The number of carboxylic acid groups (broad SMARTS) is 1. The highest BCUT2D eigenvalue weighted by Crippen LogP contribution is 2.34. The molecule has 0 spiro atoms. The largest absolute Gasteiger partial charge is 0.493 e. The van der Waals surface area contributed by atoms with E-state index in [1.165, 1.54) is 12.1 Å². The number of aliphatic carboxylic acids is 1. The van der Waals surface area contributed by atoms with Crippen LogP contribution < -0.4 is 4.74 Å².